The molecule has 1 amide bonds. The van der Waals surface area contributed by atoms with Gasteiger partial charge in [-0.15, -0.1) is 0 Å². The standard InChI is InChI=1S/C18H16ClN3O4/c1-24-13-8-6-12(7-9-13)20-17(23)10-16-21-18(26-22-16)11-25-15-5-3-2-4-14(15)19/h2-9H,10-11H2,1H3,(H,20,23). The van der Waals surface area contributed by atoms with Crippen LogP contribution in [0.15, 0.2) is 53.1 Å². The summed E-state index contributed by atoms with van der Waals surface area (Å²) in [6, 6.07) is 14.1. The summed E-state index contributed by atoms with van der Waals surface area (Å²) in [5.74, 6) is 1.51. The van der Waals surface area contributed by atoms with Gasteiger partial charge in [-0.1, -0.05) is 28.9 Å². The van der Waals surface area contributed by atoms with Crippen molar-refractivity contribution in [3.05, 3.63) is 65.3 Å². The molecule has 0 unspecified atom stereocenters. The van der Waals surface area contributed by atoms with Crippen molar-refractivity contribution >= 4 is 23.2 Å². The van der Waals surface area contributed by atoms with Crippen molar-refractivity contribution in [1.29, 1.82) is 0 Å². The number of carbonyl (C=O) groups is 1. The van der Waals surface area contributed by atoms with Gasteiger partial charge in [-0.2, -0.15) is 4.98 Å². The van der Waals surface area contributed by atoms with Crippen molar-refractivity contribution in [3.63, 3.8) is 0 Å². The van der Waals surface area contributed by atoms with Crippen LogP contribution >= 0.6 is 11.6 Å². The second-order valence-electron chi connectivity index (χ2n) is 5.28. The third kappa shape index (κ3) is 4.73. The Morgan fingerprint density at radius 3 is 2.69 bits per heavy atom. The molecule has 134 valence electrons. The van der Waals surface area contributed by atoms with Crippen molar-refractivity contribution in [3.8, 4) is 11.5 Å². The van der Waals surface area contributed by atoms with Crippen LogP contribution in [0, 0.1) is 0 Å². The van der Waals surface area contributed by atoms with Gasteiger partial charge in [-0.05, 0) is 36.4 Å². The molecule has 2 aromatic carbocycles. The summed E-state index contributed by atoms with van der Waals surface area (Å²) < 4.78 is 15.7. The maximum absolute atomic E-state index is 12.1. The van der Waals surface area contributed by atoms with Crippen molar-refractivity contribution in [2.75, 3.05) is 12.4 Å². The molecule has 0 saturated heterocycles. The van der Waals surface area contributed by atoms with E-state index in [-0.39, 0.29) is 30.7 Å². The van der Waals surface area contributed by atoms with Gasteiger partial charge in [-0.25, -0.2) is 0 Å². The molecule has 3 aromatic rings. The molecule has 1 heterocycles. The number of para-hydroxylation sites is 1. The number of methoxy groups -OCH3 is 1. The van der Waals surface area contributed by atoms with Crippen molar-refractivity contribution in [2.45, 2.75) is 13.0 Å². The number of benzene rings is 2. The highest BCUT2D eigenvalue weighted by atomic mass is 35.5. The molecule has 0 aliphatic rings. The normalized spacial score (nSPS) is 10.4. The van der Waals surface area contributed by atoms with Gasteiger partial charge in [0.15, 0.2) is 12.4 Å². The van der Waals surface area contributed by atoms with Crippen LogP contribution in [0.4, 0.5) is 5.69 Å². The summed E-state index contributed by atoms with van der Waals surface area (Å²) in [5.41, 5.74) is 0.654. The molecule has 7 nitrogen and oxygen atoms in total. The van der Waals surface area contributed by atoms with E-state index in [1.165, 1.54) is 0 Å². The quantitative estimate of drug-likeness (QED) is 0.682. The topological polar surface area (TPSA) is 86.5 Å². The van der Waals surface area contributed by atoms with Crippen LogP contribution in [0.5, 0.6) is 11.5 Å². The van der Waals surface area contributed by atoms with Gasteiger partial charge in [-0.3, -0.25) is 4.79 Å². The van der Waals surface area contributed by atoms with E-state index in [0.717, 1.165) is 0 Å². The molecule has 0 bridgehead atoms. The lowest BCUT2D eigenvalue weighted by Gasteiger charge is -2.05. The maximum atomic E-state index is 12.1. The third-order valence-corrected chi connectivity index (χ3v) is 3.70. The van der Waals surface area contributed by atoms with Crippen LogP contribution in [-0.2, 0) is 17.8 Å². The molecule has 0 saturated carbocycles. The first-order valence-corrected chi connectivity index (χ1v) is 8.14. The van der Waals surface area contributed by atoms with Crippen LogP contribution in [0.3, 0.4) is 0 Å². The fraction of sp³-hybridized carbons (Fsp3) is 0.167. The van der Waals surface area contributed by atoms with E-state index in [9.17, 15) is 4.79 Å². The number of amides is 1. The van der Waals surface area contributed by atoms with Crippen molar-refractivity contribution in [1.82, 2.24) is 10.1 Å². The predicted molar refractivity (Wildman–Crippen MR) is 95.4 cm³/mol. The molecule has 0 spiro atoms. The minimum Gasteiger partial charge on any atom is -0.497 e. The monoisotopic (exact) mass is 373 g/mol. The Kier molecular flexibility index (Phi) is 5.70. The number of halogens is 1. The van der Waals surface area contributed by atoms with Crippen LogP contribution in [0.2, 0.25) is 5.02 Å². The van der Waals surface area contributed by atoms with Crippen LogP contribution in [-0.4, -0.2) is 23.2 Å². The Morgan fingerprint density at radius 1 is 1.19 bits per heavy atom. The first kappa shape index (κ1) is 17.8. The number of aromatic nitrogens is 2. The molecule has 0 aliphatic heterocycles. The van der Waals surface area contributed by atoms with E-state index in [4.69, 9.17) is 25.6 Å². The van der Waals surface area contributed by atoms with Gasteiger partial charge < -0.3 is 19.3 Å². The Morgan fingerprint density at radius 2 is 1.96 bits per heavy atom. The summed E-state index contributed by atoms with van der Waals surface area (Å²) in [7, 11) is 1.58. The highest BCUT2D eigenvalue weighted by Crippen LogP contribution is 2.23. The van der Waals surface area contributed by atoms with Gasteiger partial charge in [0.25, 0.3) is 5.89 Å². The van der Waals surface area contributed by atoms with E-state index in [0.29, 0.717) is 22.2 Å². The zero-order valence-electron chi connectivity index (χ0n) is 13.9. The minimum atomic E-state index is -0.255. The van der Waals surface area contributed by atoms with Gasteiger partial charge in [0.05, 0.1) is 18.6 Å². The molecular formula is C18H16ClN3O4. The zero-order chi connectivity index (χ0) is 18.4. The summed E-state index contributed by atoms with van der Waals surface area (Å²) in [5, 5.41) is 7.02. The maximum Gasteiger partial charge on any atom is 0.264 e. The number of ether oxygens (including phenoxy) is 2. The number of rotatable bonds is 7. The lowest BCUT2D eigenvalue weighted by molar-refractivity contribution is -0.115. The second-order valence-corrected chi connectivity index (χ2v) is 5.68. The first-order chi connectivity index (χ1) is 12.6. The molecule has 1 aromatic heterocycles. The molecule has 3 rings (SSSR count). The summed E-state index contributed by atoms with van der Waals surface area (Å²) in [6.07, 6.45) is -0.0123. The molecule has 0 radical (unpaired) electrons. The molecule has 26 heavy (non-hydrogen) atoms. The number of hydrogen-bond acceptors (Lipinski definition) is 6. The Balaban J connectivity index is 1.52. The molecule has 8 heteroatoms. The fourth-order valence-corrected chi connectivity index (χ4v) is 2.34. The summed E-state index contributed by atoms with van der Waals surface area (Å²) >= 11 is 6.01. The largest absolute Gasteiger partial charge is 0.497 e. The third-order valence-electron chi connectivity index (χ3n) is 3.39. The van der Waals surface area contributed by atoms with E-state index >= 15 is 0 Å². The Bertz CT molecular complexity index is 880. The highest BCUT2D eigenvalue weighted by Gasteiger charge is 2.12. The fourth-order valence-electron chi connectivity index (χ4n) is 2.14. The minimum absolute atomic E-state index is 0.0123. The first-order valence-electron chi connectivity index (χ1n) is 7.77. The van der Waals surface area contributed by atoms with Gasteiger partial charge in [0.2, 0.25) is 5.91 Å². The van der Waals surface area contributed by atoms with Gasteiger partial charge in [0.1, 0.15) is 11.5 Å². The van der Waals surface area contributed by atoms with Crippen LogP contribution < -0.4 is 14.8 Å². The second kappa shape index (κ2) is 8.35. The van der Waals surface area contributed by atoms with E-state index in [1.54, 1.807) is 49.6 Å². The van der Waals surface area contributed by atoms with E-state index in [2.05, 4.69) is 15.5 Å². The number of carbonyl (C=O) groups excluding carboxylic acids is 1. The number of nitrogens with one attached hydrogen (secondary N) is 1. The lowest BCUT2D eigenvalue weighted by atomic mass is 10.3. The lowest BCUT2D eigenvalue weighted by Crippen LogP contribution is -2.15. The molecule has 0 fully saturated rings. The SMILES string of the molecule is COc1ccc(NC(=O)Cc2noc(COc3ccccc3Cl)n2)cc1. The Labute approximate surface area is 154 Å². The number of nitrogens with zero attached hydrogens (tertiary/aromatic N) is 2. The van der Waals surface area contributed by atoms with E-state index in [1.807, 2.05) is 6.07 Å². The van der Waals surface area contributed by atoms with Gasteiger partial charge >= 0.3 is 0 Å². The average Bonchev–Trinajstić information content (AvgIpc) is 3.09. The smallest absolute Gasteiger partial charge is 0.264 e. The van der Waals surface area contributed by atoms with Crippen molar-refractivity contribution < 1.29 is 18.8 Å². The van der Waals surface area contributed by atoms with Crippen molar-refractivity contribution in [2.24, 2.45) is 0 Å². The van der Waals surface area contributed by atoms with E-state index < -0.39 is 0 Å². The molecule has 0 aliphatic carbocycles. The Hall–Kier alpha value is -3.06. The van der Waals surface area contributed by atoms with Crippen LogP contribution in [0.25, 0.3) is 0 Å². The molecule has 0 atom stereocenters. The van der Waals surface area contributed by atoms with Crippen LogP contribution in [0.1, 0.15) is 11.7 Å². The number of anilines is 1. The molecular weight excluding hydrogens is 358 g/mol. The predicted octanol–water partition coefficient (Wildman–Crippen LogP) is 3.49. The molecule has 1 N–H and O–H groups in total. The summed E-state index contributed by atoms with van der Waals surface area (Å²) in [4.78, 5) is 16.2. The highest BCUT2D eigenvalue weighted by molar-refractivity contribution is 6.32. The summed E-state index contributed by atoms with van der Waals surface area (Å²) in [6.45, 7) is 0.0663. The average molecular weight is 374 g/mol. The zero-order valence-corrected chi connectivity index (χ0v) is 14.7. The number of hydrogen-bond donors (Lipinski definition) is 1. The van der Waals surface area contributed by atoms with Gasteiger partial charge in [0, 0.05) is 5.69 Å².